The molecule has 228 valence electrons. The number of epoxide rings is 1. The lowest BCUT2D eigenvalue weighted by molar-refractivity contribution is -0.218. The molecule has 3 fully saturated rings. The number of hydrogen-bond donors (Lipinski definition) is 2. The van der Waals surface area contributed by atoms with Gasteiger partial charge in [-0.3, -0.25) is 9.59 Å². The normalized spacial score (nSPS) is 38.7. The second-order valence-electron chi connectivity index (χ2n) is 13.2. The third-order valence-corrected chi connectivity index (χ3v) is 10.3. The molecule has 0 unspecified atom stereocenters. The first-order valence-corrected chi connectivity index (χ1v) is 14.7. The van der Waals surface area contributed by atoms with Gasteiger partial charge in [-0.05, 0) is 54.4 Å². The van der Waals surface area contributed by atoms with Crippen molar-refractivity contribution in [2.24, 2.45) is 22.7 Å². The van der Waals surface area contributed by atoms with Crippen molar-refractivity contribution in [3.8, 4) is 0 Å². The second kappa shape index (κ2) is 10.9. The van der Waals surface area contributed by atoms with E-state index in [0.717, 1.165) is 5.56 Å². The fourth-order valence-corrected chi connectivity index (χ4v) is 8.27. The van der Waals surface area contributed by atoms with Crippen LogP contribution in [0.1, 0.15) is 66.4 Å². The molecule has 42 heavy (non-hydrogen) atoms. The molecule has 5 rings (SSSR count). The number of esters is 3. The molecule has 1 aromatic carbocycles. The van der Waals surface area contributed by atoms with E-state index in [1.807, 2.05) is 58.0 Å². The van der Waals surface area contributed by atoms with Gasteiger partial charge in [0.25, 0.3) is 0 Å². The summed E-state index contributed by atoms with van der Waals surface area (Å²) in [5, 5.41) is 23.8. The van der Waals surface area contributed by atoms with E-state index in [2.05, 4.69) is 0 Å². The average molecular weight is 583 g/mol. The number of rotatable bonds is 5. The topological polar surface area (TPSA) is 132 Å². The molecule has 4 aliphatic rings. The molecule has 1 saturated heterocycles. The quantitative estimate of drug-likeness (QED) is 0.175. The highest BCUT2D eigenvalue weighted by molar-refractivity contribution is 5.87. The highest BCUT2D eigenvalue weighted by atomic mass is 16.6. The van der Waals surface area contributed by atoms with Crippen LogP contribution in [0, 0.1) is 22.7 Å². The molecule has 9 heteroatoms. The van der Waals surface area contributed by atoms with Crippen LogP contribution in [0.4, 0.5) is 0 Å². The molecule has 1 heterocycles. The molecule has 9 nitrogen and oxygen atoms in total. The van der Waals surface area contributed by atoms with Crippen molar-refractivity contribution in [2.45, 2.75) is 96.9 Å². The van der Waals surface area contributed by atoms with E-state index in [1.165, 1.54) is 19.9 Å². The number of benzene rings is 1. The summed E-state index contributed by atoms with van der Waals surface area (Å²) in [4.78, 5) is 37.7. The summed E-state index contributed by atoms with van der Waals surface area (Å²) in [6.07, 6.45) is -0.383. The standard InChI is InChI=1S/C33H42O9/c1-18-23(40-19(2)34)16-22-28(41-20(3)35)29-32(6,30(38)27(37)26(18)31(22,4)5)15-14-24(33(29)17-39-33)42-25(36)13-12-21-10-8-7-9-11-21/h7-13,22-24,27-30,37-38H,14-17H2,1-6H3/b13-12+/t22-,23-,24-,27+,28+,29-,30-,32+,33+/m0/s1. The Hall–Kier alpha value is -3.01. The molecule has 0 radical (unpaired) electrons. The van der Waals surface area contributed by atoms with Gasteiger partial charge >= 0.3 is 17.9 Å². The van der Waals surface area contributed by atoms with Crippen LogP contribution < -0.4 is 0 Å². The number of ether oxygens (including phenoxy) is 4. The molecule has 0 aromatic heterocycles. The zero-order valence-electron chi connectivity index (χ0n) is 25.2. The third kappa shape index (κ3) is 5.09. The van der Waals surface area contributed by atoms with Gasteiger partial charge < -0.3 is 29.2 Å². The Bertz CT molecular complexity index is 1290. The molecular formula is C33H42O9. The van der Waals surface area contributed by atoms with E-state index >= 15 is 0 Å². The zero-order valence-corrected chi connectivity index (χ0v) is 25.2. The number of carbonyl (C=O) groups excluding carboxylic acids is 3. The number of fused-ring (bicyclic) bond motifs is 4. The second-order valence-corrected chi connectivity index (χ2v) is 13.2. The molecule has 2 N–H and O–H groups in total. The van der Waals surface area contributed by atoms with Crippen molar-refractivity contribution in [1.82, 2.24) is 0 Å². The fraction of sp³-hybridized carbons (Fsp3) is 0.606. The SMILES string of the molecule is CC(=O)O[C@@H]1[C@@H]2C[C@H](OC(C)=O)C(C)=C([C@@H](O)[C@H](O)[C@]3(C)CC[C@H](OC(=O)/C=C/c4ccccc4)[C@]4(CO4)[C@@H]13)C2(C)C. The first-order chi connectivity index (χ1) is 19.7. The van der Waals surface area contributed by atoms with Gasteiger partial charge in [0.15, 0.2) is 0 Å². The van der Waals surface area contributed by atoms with Crippen LogP contribution in [-0.4, -0.2) is 70.8 Å². The van der Waals surface area contributed by atoms with Gasteiger partial charge in [-0.15, -0.1) is 0 Å². The van der Waals surface area contributed by atoms with E-state index in [0.29, 0.717) is 30.4 Å². The summed E-state index contributed by atoms with van der Waals surface area (Å²) in [5.74, 6) is -2.50. The predicted octanol–water partition coefficient (Wildman–Crippen LogP) is 3.76. The minimum Gasteiger partial charge on any atom is -0.462 e. The molecule has 1 aromatic rings. The Balaban J connectivity index is 1.57. The number of aliphatic hydroxyl groups is 2. The van der Waals surface area contributed by atoms with Gasteiger partial charge in [-0.1, -0.05) is 51.1 Å². The third-order valence-electron chi connectivity index (χ3n) is 10.3. The van der Waals surface area contributed by atoms with Gasteiger partial charge in [0.1, 0.15) is 30.0 Å². The Kier molecular flexibility index (Phi) is 7.92. The lowest BCUT2D eigenvalue weighted by Gasteiger charge is -2.60. The van der Waals surface area contributed by atoms with Crippen molar-refractivity contribution in [1.29, 1.82) is 0 Å². The Morgan fingerprint density at radius 1 is 1.00 bits per heavy atom. The Morgan fingerprint density at radius 2 is 1.64 bits per heavy atom. The van der Waals surface area contributed by atoms with Crippen LogP contribution in [0.25, 0.3) is 6.08 Å². The van der Waals surface area contributed by atoms with Crippen LogP contribution in [0.3, 0.4) is 0 Å². The van der Waals surface area contributed by atoms with Crippen LogP contribution in [-0.2, 0) is 33.3 Å². The van der Waals surface area contributed by atoms with Crippen LogP contribution in [0.2, 0.25) is 0 Å². The molecule has 2 saturated carbocycles. The van der Waals surface area contributed by atoms with Crippen LogP contribution in [0.5, 0.6) is 0 Å². The maximum atomic E-state index is 13.0. The largest absolute Gasteiger partial charge is 0.462 e. The van der Waals surface area contributed by atoms with Crippen molar-refractivity contribution in [3.05, 3.63) is 53.1 Å². The highest BCUT2D eigenvalue weighted by Gasteiger charge is 2.73. The summed E-state index contributed by atoms with van der Waals surface area (Å²) in [5.41, 5.74) is -0.554. The summed E-state index contributed by atoms with van der Waals surface area (Å²) in [6, 6.07) is 9.41. The monoisotopic (exact) mass is 582 g/mol. The van der Waals surface area contributed by atoms with E-state index < -0.39 is 76.7 Å². The molecule has 1 spiro atoms. The number of aliphatic hydroxyl groups excluding tert-OH is 2. The minimum absolute atomic E-state index is 0.246. The molecular weight excluding hydrogens is 540 g/mol. The molecule has 0 amide bonds. The first-order valence-electron chi connectivity index (χ1n) is 14.7. The van der Waals surface area contributed by atoms with Crippen LogP contribution in [0.15, 0.2) is 47.6 Å². The molecule has 1 aliphatic heterocycles. The zero-order chi connectivity index (χ0) is 30.6. The first kappa shape index (κ1) is 30.4. The summed E-state index contributed by atoms with van der Waals surface area (Å²) in [7, 11) is 0. The smallest absolute Gasteiger partial charge is 0.331 e. The van der Waals surface area contributed by atoms with Crippen molar-refractivity contribution >= 4 is 24.0 Å². The summed E-state index contributed by atoms with van der Waals surface area (Å²) in [6.45, 7) is 10.6. The van der Waals surface area contributed by atoms with E-state index in [9.17, 15) is 24.6 Å². The van der Waals surface area contributed by atoms with Crippen molar-refractivity contribution in [2.75, 3.05) is 6.61 Å². The van der Waals surface area contributed by atoms with E-state index in [-0.39, 0.29) is 6.61 Å². The fourth-order valence-electron chi connectivity index (χ4n) is 8.27. The van der Waals surface area contributed by atoms with Gasteiger partial charge in [0.05, 0.1) is 12.7 Å². The van der Waals surface area contributed by atoms with Crippen molar-refractivity contribution < 1.29 is 43.5 Å². The number of hydrogen-bond acceptors (Lipinski definition) is 9. The Morgan fingerprint density at radius 3 is 2.24 bits per heavy atom. The van der Waals surface area contributed by atoms with Crippen LogP contribution >= 0.6 is 0 Å². The van der Waals surface area contributed by atoms with Gasteiger partial charge in [0.2, 0.25) is 0 Å². The lowest BCUT2D eigenvalue weighted by atomic mass is 9.48. The maximum Gasteiger partial charge on any atom is 0.331 e. The average Bonchev–Trinajstić information content (AvgIpc) is 3.70. The summed E-state index contributed by atoms with van der Waals surface area (Å²) >= 11 is 0. The number of carbonyl (C=O) groups is 3. The van der Waals surface area contributed by atoms with E-state index in [4.69, 9.17) is 18.9 Å². The van der Waals surface area contributed by atoms with E-state index in [1.54, 1.807) is 6.08 Å². The lowest BCUT2D eigenvalue weighted by Crippen LogP contribution is -2.67. The Labute approximate surface area is 246 Å². The predicted molar refractivity (Wildman–Crippen MR) is 153 cm³/mol. The maximum absolute atomic E-state index is 13.0. The molecule has 3 aliphatic carbocycles. The molecule has 2 bridgehead atoms. The highest BCUT2D eigenvalue weighted by Crippen LogP contribution is 2.64. The van der Waals surface area contributed by atoms with Gasteiger partial charge in [-0.25, -0.2) is 4.79 Å². The molecule has 9 atom stereocenters. The van der Waals surface area contributed by atoms with Crippen molar-refractivity contribution in [3.63, 3.8) is 0 Å². The minimum atomic E-state index is -1.25. The van der Waals surface area contributed by atoms with Gasteiger partial charge in [0, 0.05) is 37.2 Å². The summed E-state index contributed by atoms with van der Waals surface area (Å²) < 4.78 is 24.0. The van der Waals surface area contributed by atoms with Gasteiger partial charge in [-0.2, -0.15) is 0 Å².